The van der Waals surface area contributed by atoms with Gasteiger partial charge in [0.05, 0.1) is 0 Å². The van der Waals surface area contributed by atoms with Crippen LogP contribution >= 0.6 is 0 Å². The average molecular weight is 268 g/mol. The van der Waals surface area contributed by atoms with Crippen molar-refractivity contribution in [2.75, 3.05) is 18.4 Å². The van der Waals surface area contributed by atoms with E-state index in [4.69, 9.17) is 0 Å². The van der Waals surface area contributed by atoms with E-state index in [1.165, 1.54) is 5.56 Å². The lowest BCUT2D eigenvalue weighted by Gasteiger charge is -2.17. The quantitative estimate of drug-likeness (QED) is 0.925. The van der Waals surface area contributed by atoms with Crippen molar-refractivity contribution >= 4 is 5.82 Å². The molecule has 3 rings (SSSR count). The zero-order chi connectivity index (χ0) is 13.8. The molecule has 0 aliphatic carbocycles. The number of aryl methyl sites for hydroxylation is 1. The molecule has 1 aromatic heterocycles. The van der Waals surface area contributed by atoms with Crippen molar-refractivity contribution in [1.82, 2.24) is 14.9 Å². The Kier molecular flexibility index (Phi) is 3.92. The molecule has 1 aromatic carbocycles. The lowest BCUT2D eigenvalue weighted by molar-refractivity contribution is 0.328. The third-order valence-electron chi connectivity index (χ3n) is 3.68. The van der Waals surface area contributed by atoms with E-state index < -0.39 is 0 Å². The second-order valence-corrected chi connectivity index (χ2v) is 5.40. The fraction of sp³-hybridized carbons (Fsp3) is 0.375. The molecule has 1 atom stereocenters. The molecular weight excluding hydrogens is 248 g/mol. The molecule has 20 heavy (non-hydrogen) atoms. The van der Waals surface area contributed by atoms with Gasteiger partial charge >= 0.3 is 0 Å². The van der Waals surface area contributed by atoms with Crippen LogP contribution in [0, 0.1) is 6.92 Å². The molecule has 1 N–H and O–H groups in total. The van der Waals surface area contributed by atoms with Gasteiger partial charge in [-0.1, -0.05) is 30.3 Å². The van der Waals surface area contributed by atoms with Crippen LogP contribution in [0.2, 0.25) is 0 Å². The zero-order valence-corrected chi connectivity index (χ0v) is 11.8. The number of hydrogen-bond acceptors (Lipinski definition) is 4. The van der Waals surface area contributed by atoms with Gasteiger partial charge in [0.15, 0.2) is 0 Å². The minimum absolute atomic E-state index is 0.480. The maximum Gasteiger partial charge on any atom is 0.129 e. The van der Waals surface area contributed by atoms with Gasteiger partial charge in [0.1, 0.15) is 12.1 Å². The number of benzene rings is 1. The summed E-state index contributed by atoms with van der Waals surface area (Å²) in [5.41, 5.74) is 2.38. The topological polar surface area (TPSA) is 41.0 Å². The Labute approximate surface area is 119 Å². The third kappa shape index (κ3) is 3.33. The molecule has 1 unspecified atom stereocenters. The van der Waals surface area contributed by atoms with Crippen molar-refractivity contribution in [3.8, 4) is 0 Å². The number of rotatable bonds is 4. The molecule has 0 spiro atoms. The van der Waals surface area contributed by atoms with E-state index in [2.05, 4.69) is 50.5 Å². The minimum atomic E-state index is 0.480. The van der Waals surface area contributed by atoms with Gasteiger partial charge in [-0.15, -0.1) is 0 Å². The Morgan fingerprint density at radius 1 is 1.25 bits per heavy atom. The summed E-state index contributed by atoms with van der Waals surface area (Å²) in [7, 11) is 0. The van der Waals surface area contributed by atoms with Crippen molar-refractivity contribution < 1.29 is 0 Å². The molecule has 0 bridgehead atoms. The number of aromatic nitrogens is 2. The van der Waals surface area contributed by atoms with Crippen LogP contribution in [0.15, 0.2) is 42.7 Å². The maximum atomic E-state index is 4.27. The fourth-order valence-corrected chi connectivity index (χ4v) is 2.68. The molecule has 4 heteroatoms. The molecule has 1 fully saturated rings. The van der Waals surface area contributed by atoms with Crippen LogP contribution in [0.3, 0.4) is 0 Å². The molecule has 2 aromatic rings. The highest BCUT2D eigenvalue weighted by Crippen LogP contribution is 2.16. The van der Waals surface area contributed by atoms with Gasteiger partial charge < -0.3 is 5.32 Å². The summed E-state index contributed by atoms with van der Waals surface area (Å²) in [4.78, 5) is 10.9. The summed E-state index contributed by atoms with van der Waals surface area (Å²) >= 11 is 0. The second-order valence-electron chi connectivity index (χ2n) is 5.40. The Bertz CT molecular complexity index is 555. The minimum Gasteiger partial charge on any atom is -0.366 e. The van der Waals surface area contributed by atoms with Gasteiger partial charge in [-0.3, -0.25) is 4.90 Å². The van der Waals surface area contributed by atoms with Crippen molar-refractivity contribution in [1.29, 1.82) is 0 Å². The van der Waals surface area contributed by atoms with Gasteiger partial charge in [0, 0.05) is 37.4 Å². The van der Waals surface area contributed by atoms with Crippen molar-refractivity contribution in [3.05, 3.63) is 54.0 Å². The predicted molar refractivity (Wildman–Crippen MR) is 80.5 cm³/mol. The summed E-state index contributed by atoms with van der Waals surface area (Å²) in [6, 6.07) is 13.1. The van der Waals surface area contributed by atoms with E-state index in [1.54, 1.807) is 6.33 Å². The van der Waals surface area contributed by atoms with Gasteiger partial charge in [-0.05, 0) is 18.9 Å². The van der Waals surface area contributed by atoms with E-state index >= 15 is 0 Å². The number of anilines is 1. The molecule has 4 nitrogen and oxygen atoms in total. The van der Waals surface area contributed by atoms with Crippen LogP contribution in [0.5, 0.6) is 0 Å². The molecule has 0 saturated carbocycles. The summed E-state index contributed by atoms with van der Waals surface area (Å²) in [5.74, 6) is 0.934. The van der Waals surface area contributed by atoms with Crippen LogP contribution in [-0.4, -0.2) is 34.0 Å². The Hall–Kier alpha value is -1.94. The number of nitrogens with zero attached hydrogens (tertiary/aromatic N) is 3. The first kappa shape index (κ1) is 13.1. The lowest BCUT2D eigenvalue weighted by atomic mass is 10.2. The lowest BCUT2D eigenvalue weighted by Crippen LogP contribution is -2.26. The summed E-state index contributed by atoms with van der Waals surface area (Å²) < 4.78 is 0. The van der Waals surface area contributed by atoms with Crippen LogP contribution < -0.4 is 5.32 Å². The summed E-state index contributed by atoms with van der Waals surface area (Å²) in [5, 5.41) is 3.50. The van der Waals surface area contributed by atoms with Gasteiger partial charge in [0.25, 0.3) is 0 Å². The predicted octanol–water partition coefficient (Wildman–Crippen LogP) is 2.47. The first-order valence-electron chi connectivity index (χ1n) is 7.11. The first-order valence-corrected chi connectivity index (χ1v) is 7.11. The summed E-state index contributed by atoms with van der Waals surface area (Å²) in [6.45, 7) is 5.22. The molecule has 1 saturated heterocycles. The highest BCUT2D eigenvalue weighted by Gasteiger charge is 2.22. The Balaban J connectivity index is 1.54. The molecule has 0 radical (unpaired) electrons. The van der Waals surface area contributed by atoms with Gasteiger partial charge in [0.2, 0.25) is 0 Å². The van der Waals surface area contributed by atoms with Crippen LogP contribution in [0.4, 0.5) is 5.82 Å². The maximum absolute atomic E-state index is 4.27. The highest BCUT2D eigenvalue weighted by atomic mass is 15.2. The fourth-order valence-electron chi connectivity index (χ4n) is 2.68. The highest BCUT2D eigenvalue weighted by molar-refractivity contribution is 5.36. The molecule has 0 amide bonds. The van der Waals surface area contributed by atoms with Crippen LogP contribution in [-0.2, 0) is 6.54 Å². The van der Waals surface area contributed by atoms with E-state index in [-0.39, 0.29) is 0 Å². The number of likely N-dealkylation sites (tertiary alicyclic amines) is 1. The molecule has 1 aliphatic rings. The molecule has 2 heterocycles. The van der Waals surface area contributed by atoms with E-state index in [9.17, 15) is 0 Å². The van der Waals surface area contributed by atoms with Crippen molar-refractivity contribution in [2.45, 2.75) is 25.9 Å². The number of nitrogens with one attached hydrogen (secondary N) is 1. The van der Waals surface area contributed by atoms with Crippen LogP contribution in [0.1, 0.15) is 17.7 Å². The standard InChI is InChI=1S/C16H20N4/c1-13-9-16(18-12-17-13)19-15-7-8-20(11-15)10-14-5-3-2-4-6-14/h2-6,9,12,15H,7-8,10-11H2,1H3,(H,17,18,19). The van der Waals surface area contributed by atoms with E-state index in [1.807, 2.05) is 13.0 Å². The normalized spacial score (nSPS) is 19.1. The summed E-state index contributed by atoms with van der Waals surface area (Å²) in [6.07, 6.45) is 2.78. The smallest absolute Gasteiger partial charge is 0.129 e. The molecular formula is C16H20N4. The first-order chi connectivity index (χ1) is 9.79. The molecule has 104 valence electrons. The SMILES string of the molecule is Cc1cc(NC2CCN(Cc3ccccc3)C2)ncn1. The molecule has 1 aliphatic heterocycles. The van der Waals surface area contributed by atoms with Gasteiger partial charge in [-0.25, -0.2) is 9.97 Å². The monoisotopic (exact) mass is 268 g/mol. The number of hydrogen-bond donors (Lipinski definition) is 1. The third-order valence-corrected chi connectivity index (χ3v) is 3.68. The largest absolute Gasteiger partial charge is 0.366 e. The van der Waals surface area contributed by atoms with E-state index in [0.29, 0.717) is 6.04 Å². The van der Waals surface area contributed by atoms with Crippen LogP contribution in [0.25, 0.3) is 0 Å². The Morgan fingerprint density at radius 3 is 2.90 bits per heavy atom. The average Bonchev–Trinajstić information content (AvgIpc) is 2.87. The zero-order valence-electron chi connectivity index (χ0n) is 11.8. The second kappa shape index (κ2) is 6.01. The van der Waals surface area contributed by atoms with Gasteiger partial charge in [-0.2, -0.15) is 0 Å². The van der Waals surface area contributed by atoms with E-state index in [0.717, 1.165) is 37.6 Å². The Morgan fingerprint density at radius 2 is 2.10 bits per heavy atom. The van der Waals surface area contributed by atoms with Crippen molar-refractivity contribution in [2.24, 2.45) is 0 Å². The van der Waals surface area contributed by atoms with Crippen molar-refractivity contribution in [3.63, 3.8) is 0 Å².